The van der Waals surface area contributed by atoms with E-state index in [1.807, 2.05) is 6.07 Å². The highest BCUT2D eigenvalue weighted by atomic mass is 127. The van der Waals surface area contributed by atoms with Gasteiger partial charge >= 0.3 is 0 Å². The van der Waals surface area contributed by atoms with Crippen LogP contribution in [-0.4, -0.2) is 38.5 Å². The summed E-state index contributed by atoms with van der Waals surface area (Å²) in [5, 5.41) is 0. The molecule has 0 aliphatic rings. The Balaban J connectivity index is 2.21. The van der Waals surface area contributed by atoms with Crippen LogP contribution < -0.4 is 4.74 Å². The van der Waals surface area contributed by atoms with Gasteiger partial charge in [-0.2, -0.15) is 0 Å². The quantitative estimate of drug-likeness (QED) is 0.520. The molecule has 0 aliphatic carbocycles. The van der Waals surface area contributed by atoms with E-state index >= 15 is 0 Å². The molecule has 0 unspecified atom stereocenters. The molecule has 0 radical (unpaired) electrons. The van der Waals surface area contributed by atoms with E-state index in [-0.39, 0.29) is 0 Å². The van der Waals surface area contributed by atoms with Crippen LogP contribution in [0.15, 0.2) is 16.7 Å². The Hall–Kier alpha value is 0.0800. The fourth-order valence-corrected chi connectivity index (χ4v) is 2.34. The highest BCUT2D eigenvalue weighted by molar-refractivity contribution is 14.1. The summed E-state index contributed by atoms with van der Waals surface area (Å²) in [7, 11) is 1.65. The molecule has 0 aromatic carbocycles. The zero-order chi connectivity index (χ0) is 11.8. The number of rotatable bonds is 7. The molecular weight excluding hydrogens is 389 g/mol. The average molecular weight is 402 g/mol. The first-order valence-electron chi connectivity index (χ1n) is 4.74. The van der Waals surface area contributed by atoms with Crippen molar-refractivity contribution in [2.75, 3.05) is 33.5 Å². The van der Waals surface area contributed by atoms with Gasteiger partial charge in [0.05, 0.1) is 23.4 Å². The minimum Gasteiger partial charge on any atom is -0.474 e. The van der Waals surface area contributed by atoms with E-state index in [0.29, 0.717) is 32.3 Å². The third kappa shape index (κ3) is 5.42. The first kappa shape index (κ1) is 14.1. The average Bonchev–Trinajstić information content (AvgIpc) is 2.26. The molecule has 0 atom stereocenters. The Morgan fingerprint density at radius 1 is 1.31 bits per heavy atom. The van der Waals surface area contributed by atoms with Crippen LogP contribution >= 0.6 is 38.5 Å². The summed E-state index contributed by atoms with van der Waals surface area (Å²) in [5.41, 5.74) is 0. The molecule has 0 saturated heterocycles. The van der Waals surface area contributed by atoms with E-state index in [0.717, 1.165) is 8.04 Å². The van der Waals surface area contributed by atoms with Crippen LogP contribution in [0.3, 0.4) is 0 Å². The second-order valence-corrected chi connectivity index (χ2v) is 4.97. The van der Waals surface area contributed by atoms with Gasteiger partial charge in [0.1, 0.15) is 6.61 Å². The fourth-order valence-electron chi connectivity index (χ4n) is 0.950. The van der Waals surface area contributed by atoms with Crippen LogP contribution in [-0.2, 0) is 9.47 Å². The largest absolute Gasteiger partial charge is 0.474 e. The molecule has 1 rings (SSSR count). The van der Waals surface area contributed by atoms with Gasteiger partial charge in [-0.3, -0.25) is 0 Å². The number of hydrogen-bond donors (Lipinski definition) is 0. The van der Waals surface area contributed by atoms with Crippen molar-refractivity contribution in [3.05, 3.63) is 20.3 Å². The van der Waals surface area contributed by atoms with E-state index in [2.05, 4.69) is 43.5 Å². The summed E-state index contributed by atoms with van der Waals surface area (Å²) in [6.07, 6.45) is 1.71. The molecule has 0 saturated carbocycles. The van der Waals surface area contributed by atoms with Crippen molar-refractivity contribution >= 4 is 38.5 Å². The van der Waals surface area contributed by atoms with Crippen LogP contribution in [0.4, 0.5) is 0 Å². The van der Waals surface area contributed by atoms with Gasteiger partial charge in [-0.1, -0.05) is 0 Å². The number of pyridine rings is 1. The number of nitrogens with zero attached hydrogens (tertiary/aromatic N) is 1. The molecule has 16 heavy (non-hydrogen) atoms. The van der Waals surface area contributed by atoms with E-state index in [1.54, 1.807) is 13.3 Å². The van der Waals surface area contributed by atoms with Crippen molar-refractivity contribution in [2.24, 2.45) is 0 Å². The fraction of sp³-hybridized carbons (Fsp3) is 0.500. The smallest absolute Gasteiger partial charge is 0.227 e. The third-order valence-electron chi connectivity index (χ3n) is 1.67. The van der Waals surface area contributed by atoms with Gasteiger partial charge in [-0.25, -0.2) is 4.98 Å². The van der Waals surface area contributed by atoms with Crippen LogP contribution in [0.1, 0.15) is 0 Å². The van der Waals surface area contributed by atoms with Gasteiger partial charge in [0, 0.05) is 17.8 Å². The van der Waals surface area contributed by atoms with Crippen molar-refractivity contribution in [1.29, 1.82) is 0 Å². The number of halogens is 2. The molecule has 0 amide bonds. The Bertz CT molecular complexity index is 325. The van der Waals surface area contributed by atoms with Crippen molar-refractivity contribution in [2.45, 2.75) is 0 Å². The number of methoxy groups -OCH3 is 1. The highest BCUT2D eigenvalue weighted by Crippen LogP contribution is 2.21. The molecule has 0 bridgehead atoms. The van der Waals surface area contributed by atoms with Gasteiger partial charge in [0.2, 0.25) is 5.88 Å². The Labute approximate surface area is 117 Å². The molecule has 0 N–H and O–H groups in total. The summed E-state index contributed by atoms with van der Waals surface area (Å²) in [6.45, 7) is 2.23. The predicted molar refractivity (Wildman–Crippen MR) is 72.8 cm³/mol. The Morgan fingerprint density at radius 2 is 2.06 bits per heavy atom. The van der Waals surface area contributed by atoms with Crippen molar-refractivity contribution < 1.29 is 14.2 Å². The second-order valence-electron chi connectivity index (χ2n) is 2.89. The monoisotopic (exact) mass is 401 g/mol. The molecule has 90 valence electrons. The zero-order valence-electron chi connectivity index (χ0n) is 8.91. The number of aromatic nitrogens is 1. The lowest BCUT2D eigenvalue weighted by molar-refractivity contribution is 0.0535. The molecule has 1 aromatic rings. The number of ether oxygens (including phenoxy) is 3. The first-order valence-corrected chi connectivity index (χ1v) is 6.61. The van der Waals surface area contributed by atoms with E-state index in [4.69, 9.17) is 14.2 Å². The highest BCUT2D eigenvalue weighted by Gasteiger charge is 2.02. The summed E-state index contributed by atoms with van der Waals surface area (Å²) < 4.78 is 17.5. The molecule has 4 nitrogen and oxygen atoms in total. The summed E-state index contributed by atoms with van der Waals surface area (Å²) in [4.78, 5) is 4.15. The van der Waals surface area contributed by atoms with Gasteiger partial charge in [-0.15, -0.1) is 0 Å². The second kappa shape index (κ2) is 8.21. The van der Waals surface area contributed by atoms with Gasteiger partial charge in [0.15, 0.2) is 0 Å². The minimum atomic E-state index is 0.494. The third-order valence-corrected chi connectivity index (χ3v) is 2.88. The van der Waals surface area contributed by atoms with Crippen LogP contribution in [0.5, 0.6) is 5.88 Å². The van der Waals surface area contributed by atoms with E-state index in [9.17, 15) is 0 Å². The summed E-state index contributed by atoms with van der Waals surface area (Å²) >= 11 is 5.53. The normalized spacial score (nSPS) is 10.4. The lowest BCUT2D eigenvalue weighted by Gasteiger charge is -2.07. The van der Waals surface area contributed by atoms with E-state index in [1.165, 1.54) is 0 Å². The lowest BCUT2D eigenvalue weighted by atomic mass is 10.5. The maximum Gasteiger partial charge on any atom is 0.227 e. The van der Waals surface area contributed by atoms with Gasteiger partial charge in [-0.05, 0) is 44.6 Å². The standard InChI is InChI=1S/C10H13BrINO3/c1-14-2-3-15-4-5-16-10-9(12)6-8(11)7-13-10/h6-7H,2-5H2,1H3. The summed E-state index contributed by atoms with van der Waals surface area (Å²) in [5.74, 6) is 0.638. The molecule has 1 heterocycles. The maximum absolute atomic E-state index is 5.47. The van der Waals surface area contributed by atoms with Crippen molar-refractivity contribution in [3.8, 4) is 5.88 Å². The van der Waals surface area contributed by atoms with Gasteiger partial charge in [0.25, 0.3) is 0 Å². The maximum atomic E-state index is 5.47. The molecule has 0 spiro atoms. The molecule has 0 fully saturated rings. The summed E-state index contributed by atoms with van der Waals surface area (Å²) in [6, 6.07) is 1.95. The Kier molecular flexibility index (Phi) is 7.26. The van der Waals surface area contributed by atoms with Crippen LogP contribution in [0.25, 0.3) is 0 Å². The van der Waals surface area contributed by atoms with Crippen molar-refractivity contribution in [1.82, 2.24) is 4.98 Å². The van der Waals surface area contributed by atoms with E-state index < -0.39 is 0 Å². The predicted octanol–water partition coefficient (Wildman–Crippen LogP) is 2.49. The first-order chi connectivity index (χ1) is 7.74. The molecule has 6 heteroatoms. The van der Waals surface area contributed by atoms with Crippen molar-refractivity contribution in [3.63, 3.8) is 0 Å². The van der Waals surface area contributed by atoms with Gasteiger partial charge < -0.3 is 14.2 Å². The lowest BCUT2D eigenvalue weighted by Crippen LogP contribution is -2.11. The molecule has 1 aromatic heterocycles. The van der Waals surface area contributed by atoms with Crippen LogP contribution in [0, 0.1) is 3.57 Å². The Morgan fingerprint density at radius 3 is 2.75 bits per heavy atom. The zero-order valence-corrected chi connectivity index (χ0v) is 12.7. The minimum absolute atomic E-state index is 0.494. The molecular formula is C10H13BrINO3. The van der Waals surface area contributed by atoms with Crippen LogP contribution in [0.2, 0.25) is 0 Å². The topological polar surface area (TPSA) is 40.6 Å². The molecule has 0 aliphatic heterocycles. The SMILES string of the molecule is COCCOCCOc1ncc(Br)cc1I. The number of hydrogen-bond acceptors (Lipinski definition) is 4.